The molecule has 1 heterocycles. The lowest BCUT2D eigenvalue weighted by Crippen LogP contribution is -2.46. The number of amides is 1. The van der Waals surface area contributed by atoms with Gasteiger partial charge in [0.05, 0.1) is 7.11 Å². The van der Waals surface area contributed by atoms with Crippen molar-refractivity contribution in [1.29, 1.82) is 0 Å². The maximum atomic E-state index is 12.3. The average Bonchev–Trinajstić information content (AvgIpc) is 2.53. The largest absolute Gasteiger partial charge is 0.497 e. The molecular formula is C15H23N3O2. The Morgan fingerprint density at radius 3 is 2.55 bits per heavy atom. The van der Waals surface area contributed by atoms with Crippen molar-refractivity contribution in [3.05, 3.63) is 29.8 Å². The summed E-state index contributed by atoms with van der Waals surface area (Å²) in [5.41, 5.74) is 0.702. The molecule has 20 heavy (non-hydrogen) atoms. The number of hydrogen-bond donors (Lipinski definition) is 1. The number of benzene rings is 1. The normalized spacial score (nSPS) is 15.9. The summed E-state index contributed by atoms with van der Waals surface area (Å²) in [6, 6.07) is 7.25. The lowest BCUT2D eigenvalue weighted by Gasteiger charge is -2.29. The van der Waals surface area contributed by atoms with Crippen LogP contribution >= 0.6 is 0 Å². The number of piperazine rings is 1. The van der Waals surface area contributed by atoms with E-state index in [1.807, 2.05) is 31.3 Å². The minimum Gasteiger partial charge on any atom is -0.497 e. The second kappa shape index (κ2) is 7.26. The summed E-state index contributed by atoms with van der Waals surface area (Å²) in [6.07, 6.45) is 0. The molecule has 1 aromatic carbocycles. The molecule has 5 nitrogen and oxygen atoms in total. The number of likely N-dealkylation sites (N-methyl/N-ethyl adjacent to an activating group) is 1. The standard InChI is InChI=1S/C15H23N3O2/c1-17(11-12-18-9-7-16-8-10-18)15(19)13-3-5-14(20-2)6-4-13/h3-6,16H,7-12H2,1-2H3. The average molecular weight is 277 g/mol. The maximum Gasteiger partial charge on any atom is 0.253 e. The third-order valence-electron chi connectivity index (χ3n) is 3.64. The zero-order valence-electron chi connectivity index (χ0n) is 12.3. The Morgan fingerprint density at radius 2 is 1.95 bits per heavy atom. The van der Waals surface area contributed by atoms with Crippen molar-refractivity contribution in [1.82, 2.24) is 15.1 Å². The van der Waals surface area contributed by atoms with Gasteiger partial charge in [0.1, 0.15) is 5.75 Å². The summed E-state index contributed by atoms with van der Waals surface area (Å²) >= 11 is 0. The van der Waals surface area contributed by atoms with Gasteiger partial charge in [-0.2, -0.15) is 0 Å². The molecule has 1 N–H and O–H groups in total. The number of hydrogen-bond acceptors (Lipinski definition) is 4. The molecule has 1 aromatic rings. The van der Waals surface area contributed by atoms with Crippen LogP contribution in [-0.2, 0) is 0 Å². The van der Waals surface area contributed by atoms with Crippen LogP contribution in [0, 0.1) is 0 Å². The number of nitrogens with one attached hydrogen (secondary N) is 1. The number of nitrogens with zero attached hydrogens (tertiary/aromatic N) is 2. The summed E-state index contributed by atoms with van der Waals surface area (Å²) in [4.78, 5) is 16.4. The van der Waals surface area contributed by atoms with Crippen molar-refractivity contribution >= 4 is 5.91 Å². The quantitative estimate of drug-likeness (QED) is 0.859. The molecular weight excluding hydrogens is 254 g/mol. The first-order valence-electron chi connectivity index (χ1n) is 7.03. The predicted octanol–water partition coefficient (Wildman–Crippen LogP) is 0.672. The monoisotopic (exact) mass is 277 g/mol. The van der Waals surface area contributed by atoms with Gasteiger partial charge in [-0.25, -0.2) is 0 Å². The Morgan fingerprint density at radius 1 is 1.30 bits per heavy atom. The van der Waals surface area contributed by atoms with E-state index in [0.717, 1.165) is 45.0 Å². The number of methoxy groups -OCH3 is 1. The molecule has 0 saturated carbocycles. The predicted molar refractivity (Wildman–Crippen MR) is 79.3 cm³/mol. The Balaban J connectivity index is 1.83. The Labute approximate surface area is 120 Å². The lowest BCUT2D eigenvalue weighted by atomic mass is 10.2. The van der Waals surface area contributed by atoms with Crippen molar-refractivity contribution in [3.63, 3.8) is 0 Å². The molecule has 1 amide bonds. The number of ether oxygens (including phenoxy) is 1. The first-order chi connectivity index (χ1) is 9.70. The third-order valence-corrected chi connectivity index (χ3v) is 3.64. The summed E-state index contributed by atoms with van der Waals surface area (Å²) in [5.74, 6) is 0.827. The van der Waals surface area contributed by atoms with Crippen LogP contribution in [-0.4, -0.2) is 69.1 Å². The molecule has 1 aliphatic heterocycles. The molecule has 0 unspecified atom stereocenters. The van der Waals surface area contributed by atoms with Gasteiger partial charge in [-0.05, 0) is 24.3 Å². The summed E-state index contributed by atoms with van der Waals surface area (Å²) in [7, 11) is 3.48. The van der Waals surface area contributed by atoms with E-state index in [0.29, 0.717) is 5.56 Å². The molecule has 0 radical (unpaired) electrons. The lowest BCUT2D eigenvalue weighted by molar-refractivity contribution is 0.0775. The SMILES string of the molecule is COc1ccc(C(=O)N(C)CCN2CCNCC2)cc1. The Bertz CT molecular complexity index is 427. The van der Waals surface area contributed by atoms with Crippen LogP contribution in [0.1, 0.15) is 10.4 Å². The maximum absolute atomic E-state index is 12.3. The third kappa shape index (κ3) is 3.95. The van der Waals surface area contributed by atoms with Crippen LogP contribution < -0.4 is 10.1 Å². The number of rotatable bonds is 5. The van der Waals surface area contributed by atoms with Gasteiger partial charge < -0.3 is 15.0 Å². The molecule has 1 fully saturated rings. The Kier molecular flexibility index (Phi) is 5.38. The molecule has 2 rings (SSSR count). The van der Waals surface area contributed by atoms with Gasteiger partial charge in [-0.3, -0.25) is 9.69 Å². The Hall–Kier alpha value is -1.59. The second-order valence-corrected chi connectivity index (χ2v) is 5.05. The van der Waals surface area contributed by atoms with Gasteiger partial charge >= 0.3 is 0 Å². The van der Waals surface area contributed by atoms with Crippen molar-refractivity contribution in [2.45, 2.75) is 0 Å². The van der Waals surface area contributed by atoms with Gasteiger partial charge in [-0.1, -0.05) is 0 Å². The zero-order valence-corrected chi connectivity index (χ0v) is 12.3. The van der Waals surface area contributed by atoms with E-state index in [-0.39, 0.29) is 5.91 Å². The molecule has 1 aliphatic rings. The highest BCUT2D eigenvalue weighted by Crippen LogP contribution is 2.12. The second-order valence-electron chi connectivity index (χ2n) is 5.05. The molecule has 1 saturated heterocycles. The topological polar surface area (TPSA) is 44.8 Å². The summed E-state index contributed by atoms with van der Waals surface area (Å²) < 4.78 is 5.10. The summed E-state index contributed by atoms with van der Waals surface area (Å²) in [5, 5.41) is 3.33. The van der Waals surface area contributed by atoms with Crippen LogP contribution in [0.5, 0.6) is 5.75 Å². The number of carbonyl (C=O) groups excluding carboxylic acids is 1. The molecule has 0 atom stereocenters. The summed E-state index contributed by atoms with van der Waals surface area (Å²) in [6.45, 7) is 5.88. The van der Waals surface area contributed by atoms with Crippen LogP contribution in [0.15, 0.2) is 24.3 Å². The van der Waals surface area contributed by atoms with Crippen molar-refractivity contribution in [3.8, 4) is 5.75 Å². The highest BCUT2D eigenvalue weighted by atomic mass is 16.5. The van der Waals surface area contributed by atoms with Crippen LogP contribution in [0.4, 0.5) is 0 Å². The molecule has 0 aliphatic carbocycles. The van der Waals surface area contributed by atoms with Gasteiger partial charge in [0.15, 0.2) is 0 Å². The van der Waals surface area contributed by atoms with Crippen molar-refractivity contribution < 1.29 is 9.53 Å². The van der Waals surface area contributed by atoms with E-state index in [4.69, 9.17) is 4.74 Å². The van der Waals surface area contributed by atoms with E-state index in [1.54, 1.807) is 12.0 Å². The van der Waals surface area contributed by atoms with E-state index < -0.39 is 0 Å². The van der Waals surface area contributed by atoms with E-state index in [2.05, 4.69) is 10.2 Å². The van der Waals surface area contributed by atoms with Crippen molar-refractivity contribution in [2.24, 2.45) is 0 Å². The first-order valence-corrected chi connectivity index (χ1v) is 7.03. The fraction of sp³-hybridized carbons (Fsp3) is 0.533. The molecule has 0 bridgehead atoms. The smallest absolute Gasteiger partial charge is 0.253 e. The highest BCUT2D eigenvalue weighted by Gasteiger charge is 2.14. The van der Waals surface area contributed by atoms with Crippen LogP contribution in [0.25, 0.3) is 0 Å². The zero-order chi connectivity index (χ0) is 14.4. The van der Waals surface area contributed by atoms with E-state index in [9.17, 15) is 4.79 Å². The van der Waals surface area contributed by atoms with Gasteiger partial charge in [0.2, 0.25) is 0 Å². The minimum atomic E-state index is 0.0581. The van der Waals surface area contributed by atoms with Crippen LogP contribution in [0.2, 0.25) is 0 Å². The van der Waals surface area contributed by atoms with E-state index >= 15 is 0 Å². The van der Waals surface area contributed by atoms with Crippen LogP contribution in [0.3, 0.4) is 0 Å². The highest BCUT2D eigenvalue weighted by molar-refractivity contribution is 5.94. The fourth-order valence-electron chi connectivity index (χ4n) is 2.28. The van der Waals surface area contributed by atoms with Crippen molar-refractivity contribution in [2.75, 3.05) is 53.4 Å². The van der Waals surface area contributed by atoms with Gasteiger partial charge in [-0.15, -0.1) is 0 Å². The first kappa shape index (κ1) is 14.8. The van der Waals surface area contributed by atoms with E-state index in [1.165, 1.54) is 0 Å². The van der Waals surface area contributed by atoms with Gasteiger partial charge in [0.25, 0.3) is 5.91 Å². The molecule has 0 spiro atoms. The molecule has 0 aromatic heterocycles. The fourth-order valence-corrected chi connectivity index (χ4v) is 2.28. The van der Waals surface area contributed by atoms with Gasteiger partial charge in [0, 0.05) is 51.9 Å². The minimum absolute atomic E-state index is 0.0581. The molecule has 110 valence electrons. The number of carbonyl (C=O) groups is 1. The molecule has 5 heteroatoms.